The van der Waals surface area contributed by atoms with E-state index in [1.165, 1.54) is 27.2 Å². The summed E-state index contributed by atoms with van der Waals surface area (Å²) in [5.74, 6) is 0. The van der Waals surface area contributed by atoms with Crippen molar-refractivity contribution in [2.45, 2.75) is 62.3 Å². The first kappa shape index (κ1) is 21.8. The van der Waals surface area contributed by atoms with E-state index in [0.29, 0.717) is 18.4 Å². The molecule has 2 fully saturated rings. The molecule has 1 atom stereocenters. The van der Waals surface area contributed by atoms with Gasteiger partial charge in [-0.25, -0.2) is 13.2 Å². The van der Waals surface area contributed by atoms with Gasteiger partial charge < -0.3 is 15.2 Å². The Morgan fingerprint density at radius 1 is 1.10 bits per heavy atom. The third-order valence-corrected chi connectivity index (χ3v) is 7.84. The van der Waals surface area contributed by atoms with Gasteiger partial charge in [-0.1, -0.05) is 12.5 Å². The van der Waals surface area contributed by atoms with Crippen molar-refractivity contribution >= 4 is 27.0 Å². The molecule has 168 valence electrons. The number of rotatable bonds is 5. The zero-order valence-corrected chi connectivity index (χ0v) is 18.1. The van der Waals surface area contributed by atoms with Crippen molar-refractivity contribution < 1.29 is 22.7 Å². The molecule has 4 rings (SSSR count). The third-order valence-electron chi connectivity index (χ3n) is 5.92. The smallest absolute Gasteiger partial charge is 0.431 e. The van der Waals surface area contributed by atoms with E-state index in [4.69, 9.17) is 15.2 Å². The highest BCUT2D eigenvalue weighted by atomic mass is 32.2. The van der Waals surface area contributed by atoms with E-state index in [9.17, 15) is 18.0 Å². The maximum atomic E-state index is 13.1. The van der Waals surface area contributed by atoms with Crippen molar-refractivity contribution in [2.24, 2.45) is 5.73 Å². The number of nitrogens with two attached hydrogens (primary N) is 1. The average Bonchev–Trinajstić information content (AvgIpc) is 3.21. The van der Waals surface area contributed by atoms with Gasteiger partial charge in [-0.3, -0.25) is 9.36 Å². The molecule has 1 aromatic carbocycles. The molecule has 2 aromatic rings. The Morgan fingerprint density at radius 3 is 2.58 bits per heavy atom. The minimum absolute atomic E-state index is 0.0703. The van der Waals surface area contributed by atoms with Gasteiger partial charge in [0.15, 0.2) is 6.73 Å². The van der Waals surface area contributed by atoms with Gasteiger partial charge in [0.1, 0.15) is 6.10 Å². The van der Waals surface area contributed by atoms with Crippen LogP contribution in [0.3, 0.4) is 0 Å². The van der Waals surface area contributed by atoms with Crippen LogP contribution in [0.2, 0.25) is 0 Å². The number of aromatic nitrogens is 1. The average molecular weight is 450 g/mol. The van der Waals surface area contributed by atoms with Crippen molar-refractivity contribution in [2.75, 3.05) is 13.1 Å². The number of ether oxygens (including phenoxy) is 2. The topological polar surface area (TPSA) is 121 Å². The van der Waals surface area contributed by atoms with E-state index in [-0.39, 0.29) is 35.7 Å². The minimum atomic E-state index is -3.77. The molecule has 0 amide bonds. The molecular weight excluding hydrogens is 422 g/mol. The molecule has 2 aliphatic rings. The van der Waals surface area contributed by atoms with Gasteiger partial charge in [-0.2, -0.15) is 4.31 Å². The molecular formula is C21H27N3O6S. The van der Waals surface area contributed by atoms with Gasteiger partial charge in [0.25, 0.3) is 5.56 Å². The Bertz CT molecular complexity index is 1120. The van der Waals surface area contributed by atoms with Gasteiger partial charge in [-0.05, 0) is 50.3 Å². The predicted molar refractivity (Wildman–Crippen MR) is 114 cm³/mol. The van der Waals surface area contributed by atoms with Gasteiger partial charge >= 0.3 is 6.16 Å². The number of hydrogen-bond acceptors (Lipinski definition) is 7. The number of pyridine rings is 1. The fraction of sp³-hybridized carbons (Fsp3) is 0.524. The van der Waals surface area contributed by atoms with E-state index in [2.05, 4.69) is 0 Å². The number of carbonyl (C=O) groups excluding carboxylic acids is 1. The fourth-order valence-corrected chi connectivity index (χ4v) is 5.92. The summed E-state index contributed by atoms with van der Waals surface area (Å²) in [4.78, 5) is 24.9. The summed E-state index contributed by atoms with van der Waals surface area (Å²) >= 11 is 0. The SMILES string of the molecule is N[C@H]1CCN(S(=O)(=O)c2cccc3c(=O)n(COC(=O)OC4CCCCC4)ccc23)C1. The lowest BCUT2D eigenvalue weighted by molar-refractivity contribution is -0.00412. The van der Waals surface area contributed by atoms with Crippen LogP contribution in [0.5, 0.6) is 0 Å². The lowest BCUT2D eigenvalue weighted by Gasteiger charge is -2.21. The molecule has 1 aliphatic carbocycles. The first-order chi connectivity index (χ1) is 14.9. The van der Waals surface area contributed by atoms with Crippen molar-refractivity contribution in [1.82, 2.24) is 8.87 Å². The van der Waals surface area contributed by atoms with E-state index < -0.39 is 21.7 Å². The van der Waals surface area contributed by atoms with Crippen LogP contribution >= 0.6 is 0 Å². The normalized spacial score (nSPS) is 20.7. The van der Waals surface area contributed by atoms with E-state index in [1.54, 1.807) is 12.1 Å². The molecule has 1 saturated carbocycles. The Balaban J connectivity index is 1.53. The predicted octanol–water partition coefficient (Wildman–Crippen LogP) is 2.17. The van der Waals surface area contributed by atoms with Crippen LogP contribution in [-0.4, -0.2) is 48.7 Å². The van der Waals surface area contributed by atoms with Crippen LogP contribution in [0, 0.1) is 0 Å². The maximum absolute atomic E-state index is 13.1. The Hall–Kier alpha value is -2.43. The van der Waals surface area contributed by atoms with Crippen LogP contribution in [0.25, 0.3) is 10.8 Å². The summed E-state index contributed by atoms with van der Waals surface area (Å²) < 4.78 is 39.1. The van der Waals surface area contributed by atoms with Crippen molar-refractivity contribution in [3.8, 4) is 0 Å². The zero-order valence-electron chi connectivity index (χ0n) is 17.2. The quantitative estimate of drug-likeness (QED) is 0.694. The van der Waals surface area contributed by atoms with Gasteiger partial charge in [0, 0.05) is 36.1 Å². The summed E-state index contributed by atoms with van der Waals surface area (Å²) in [6.07, 6.45) is 5.92. The van der Waals surface area contributed by atoms with E-state index in [1.807, 2.05) is 0 Å². The first-order valence-corrected chi connectivity index (χ1v) is 12.0. The number of hydrogen-bond donors (Lipinski definition) is 1. The Kier molecular flexibility index (Phi) is 6.31. The van der Waals surface area contributed by atoms with E-state index >= 15 is 0 Å². The highest BCUT2D eigenvalue weighted by Crippen LogP contribution is 2.26. The number of nitrogens with zero attached hydrogens (tertiary/aromatic N) is 2. The number of fused-ring (bicyclic) bond motifs is 1. The second-order valence-electron chi connectivity index (χ2n) is 8.12. The van der Waals surface area contributed by atoms with Crippen molar-refractivity contribution in [3.63, 3.8) is 0 Å². The highest BCUT2D eigenvalue weighted by Gasteiger charge is 2.32. The van der Waals surface area contributed by atoms with Crippen LogP contribution < -0.4 is 11.3 Å². The Morgan fingerprint density at radius 2 is 1.87 bits per heavy atom. The van der Waals surface area contributed by atoms with Gasteiger partial charge in [0.05, 0.1) is 4.90 Å². The van der Waals surface area contributed by atoms with Crippen LogP contribution in [0.4, 0.5) is 4.79 Å². The molecule has 0 unspecified atom stereocenters. The molecule has 2 N–H and O–H groups in total. The molecule has 2 heterocycles. The maximum Gasteiger partial charge on any atom is 0.510 e. The summed E-state index contributed by atoms with van der Waals surface area (Å²) in [6.45, 7) is 0.304. The lowest BCUT2D eigenvalue weighted by Crippen LogP contribution is -2.32. The molecule has 0 bridgehead atoms. The fourth-order valence-electron chi connectivity index (χ4n) is 4.20. The second kappa shape index (κ2) is 8.97. The molecule has 1 saturated heterocycles. The summed E-state index contributed by atoms with van der Waals surface area (Å²) in [5, 5.41) is 0.560. The molecule has 31 heavy (non-hydrogen) atoms. The number of benzene rings is 1. The van der Waals surface area contributed by atoms with Gasteiger partial charge in [0.2, 0.25) is 10.0 Å². The summed E-state index contributed by atoms with van der Waals surface area (Å²) in [5.41, 5.74) is 5.42. The van der Waals surface area contributed by atoms with Crippen LogP contribution in [0.15, 0.2) is 40.2 Å². The van der Waals surface area contributed by atoms with Crippen molar-refractivity contribution in [3.05, 3.63) is 40.8 Å². The molecule has 1 aromatic heterocycles. The molecule has 1 aliphatic heterocycles. The first-order valence-electron chi connectivity index (χ1n) is 10.6. The summed E-state index contributed by atoms with van der Waals surface area (Å²) in [7, 11) is -3.77. The monoisotopic (exact) mass is 449 g/mol. The largest absolute Gasteiger partial charge is 0.510 e. The number of sulfonamides is 1. The standard InChI is InChI=1S/C21H27N3O6S/c22-15-9-12-24(13-15)31(27,28)19-8-4-7-18-17(19)10-11-23(20(18)25)14-29-21(26)30-16-5-2-1-3-6-16/h4,7-8,10-11,15-16H,1-3,5-6,9,12-14,22H2/t15-/m0/s1. The zero-order chi connectivity index (χ0) is 22.0. The molecule has 10 heteroatoms. The molecule has 0 radical (unpaired) electrons. The molecule has 9 nitrogen and oxygen atoms in total. The minimum Gasteiger partial charge on any atom is -0.431 e. The Labute approximate surface area is 180 Å². The molecule has 0 spiro atoms. The van der Waals surface area contributed by atoms with Crippen molar-refractivity contribution in [1.29, 1.82) is 0 Å². The summed E-state index contributed by atoms with van der Waals surface area (Å²) in [6, 6.07) is 5.95. The van der Waals surface area contributed by atoms with E-state index in [0.717, 1.165) is 32.1 Å². The third kappa shape index (κ3) is 4.60. The van der Waals surface area contributed by atoms with Crippen LogP contribution in [-0.2, 0) is 26.2 Å². The highest BCUT2D eigenvalue weighted by molar-refractivity contribution is 7.89. The van der Waals surface area contributed by atoms with Gasteiger partial charge in [-0.15, -0.1) is 0 Å². The number of carbonyl (C=O) groups is 1. The lowest BCUT2D eigenvalue weighted by atomic mass is 9.98. The van der Waals surface area contributed by atoms with Crippen LogP contribution in [0.1, 0.15) is 38.5 Å². The second-order valence-corrected chi connectivity index (χ2v) is 10.0.